The second kappa shape index (κ2) is 11.0. The number of rotatable bonds is 10. The van der Waals surface area contributed by atoms with Crippen molar-refractivity contribution in [1.82, 2.24) is 24.6 Å². The number of halogens is 1. The lowest BCUT2D eigenvalue weighted by Gasteiger charge is -2.19. The summed E-state index contributed by atoms with van der Waals surface area (Å²) < 4.78 is 7.89. The molecule has 0 saturated carbocycles. The average molecular weight is 482 g/mol. The van der Waals surface area contributed by atoms with Gasteiger partial charge < -0.3 is 4.42 Å². The molecule has 1 atom stereocenters. The molecule has 4 aromatic rings. The molecule has 0 fully saturated rings. The summed E-state index contributed by atoms with van der Waals surface area (Å²) in [6.07, 6.45) is 4.62. The van der Waals surface area contributed by atoms with E-state index in [2.05, 4.69) is 44.7 Å². The van der Waals surface area contributed by atoms with Crippen LogP contribution >= 0.6 is 23.4 Å². The van der Waals surface area contributed by atoms with Gasteiger partial charge in [0.2, 0.25) is 0 Å². The summed E-state index contributed by atoms with van der Waals surface area (Å²) >= 11 is 7.96. The van der Waals surface area contributed by atoms with Crippen molar-refractivity contribution in [2.75, 3.05) is 13.6 Å². The molecule has 0 spiro atoms. The van der Waals surface area contributed by atoms with Crippen molar-refractivity contribution in [2.45, 2.75) is 43.6 Å². The Morgan fingerprint density at radius 1 is 1.12 bits per heavy atom. The van der Waals surface area contributed by atoms with Gasteiger partial charge >= 0.3 is 0 Å². The van der Waals surface area contributed by atoms with E-state index < -0.39 is 0 Å². The molecule has 3 aromatic heterocycles. The minimum atomic E-state index is 0.360. The van der Waals surface area contributed by atoms with Crippen LogP contribution in [-0.4, -0.2) is 38.2 Å². The molecule has 0 saturated heterocycles. The Kier molecular flexibility index (Phi) is 7.85. The smallest absolute Gasteiger partial charge is 0.196 e. The van der Waals surface area contributed by atoms with Crippen molar-refractivity contribution in [3.05, 3.63) is 88.9 Å². The Morgan fingerprint density at radius 2 is 1.94 bits per heavy atom. The third kappa shape index (κ3) is 6.25. The summed E-state index contributed by atoms with van der Waals surface area (Å²) in [7, 11) is 2.11. The van der Waals surface area contributed by atoms with Gasteiger partial charge in [-0.3, -0.25) is 14.5 Å². The van der Waals surface area contributed by atoms with Crippen LogP contribution < -0.4 is 0 Å². The molecule has 0 aliphatic carbocycles. The molecule has 4 rings (SSSR count). The Bertz CT molecular complexity index is 1180. The quantitative estimate of drug-likeness (QED) is 0.254. The van der Waals surface area contributed by atoms with Gasteiger partial charge in [0.1, 0.15) is 11.5 Å². The summed E-state index contributed by atoms with van der Waals surface area (Å²) in [5.74, 6) is 4.03. The van der Waals surface area contributed by atoms with Crippen molar-refractivity contribution in [1.29, 1.82) is 0 Å². The first-order valence-electron chi connectivity index (χ1n) is 11.0. The van der Waals surface area contributed by atoms with Gasteiger partial charge in [0.25, 0.3) is 0 Å². The third-order valence-corrected chi connectivity index (χ3v) is 6.72. The van der Waals surface area contributed by atoms with E-state index in [0.29, 0.717) is 17.5 Å². The van der Waals surface area contributed by atoms with Crippen molar-refractivity contribution in [3.8, 4) is 5.69 Å². The summed E-state index contributed by atoms with van der Waals surface area (Å²) in [5, 5.41) is 10.6. The first kappa shape index (κ1) is 23.5. The Labute approximate surface area is 204 Å². The number of hydrogen-bond acceptors (Lipinski definition) is 6. The average Bonchev–Trinajstić information content (AvgIpc) is 3.43. The minimum Gasteiger partial charge on any atom is -0.466 e. The van der Waals surface area contributed by atoms with E-state index in [1.165, 1.54) is 5.56 Å². The molecule has 0 unspecified atom stereocenters. The van der Waals surface area contributed by atoms with Crippen molar-refractivity contribution >= 4 is 23.4 Å². The van der Waals surface area contributed by atoms with E-state index >= 15 is 0 Å². The molecular weight excluding hydrogens is 454 g/mol. The number of thioether (sulfide) groups is 1. The first-order chi connectivity index (χ1) is 16.0. The molecule has 0 amide bonds. The maximum atomic E-state index is 6.30. The van der Waals surface area contributed by atoms with Crippen LogP contribution in [0.3, 0.4) is 0 Å². The summed E-state index contributed by atoms with van der Waals surface area (Å²) in [4.78, 5) is 6.37. The fourth-order valence-electron chi connectivity index (χ4n) is 3.59. The fourth-order valence-corrected chi connectivity index (χ4v) is 4.70. The van der Waals surface area contributed by atoms with E-state index in [1.54, 1.807) is 11.8 Å². The number of benzene rings is 1. The van der Waals surface area contributed by atoms with Crippen LogP contribution in [0.25, 0.3) is 5.69 Å². The van der Waals surface area contributed by atoms with Gasteiger partial charge in [-0.25, -0.2) is 0 Å². The second-order valence-corrected chi connectivity index (χ2v) is 9.61. The number of nitrogens with zero attached hydrogens (tertiary/aromatic N) is 5. The van der Waals surface area contributed by atoms with Gasteiger partial charge in [0.05, 0.1) is 12.2 Å². The van der Waals surface area contributed by atoms with Gasteiger partial charge in [-0.05, 0) is 75.0 Å². The van der Waals surface area contributed by atoms with Crippen LogP contribution in [0.5, 0.6) is 0 Å². The number of pyridine rings is 1. The maximum absolute atomic E-state index is 6.30. The first-order valence-corrected chi connectivity index (χ1v) is 12.3. The van der Waals surface area contributed by atoms with Crippen molar-refractivity contribution < 1.29 is 4.42 Å². The second-order valence-electron chi connectivity index (χ2n) is 8.23. The molecular formula is C25H28ClN5OS. The van der Waals surface area contributed by atoms with Crippen LogP contribution in [0.4, 0.5) is 0 Å². The van der Waals surface area contributed by atoms with E-state index in [0.717, 1.165) is 46.9 Å². The van der Waals surface area contributed by atoms with Crippen LogP contribution in [0.2, 0.25) is 5.02 Å². The lowest BCUT2D eigenvalue weighted by atomic mass is 10.1. The highest BCUT2D eigenvalue weighted by Crippen LogP contribution is 2.27. The fraction of sp³-hybridized carbons (Fsp3) is 0.320. The van der Waals surface area contributed by atoms with E-state index in [-0.39, 0.29) is 0 Å². The van der Waals surface area contributed by atoms with Gasteiger partial charge in [-0.15, -0.1) is 10.2 Å². The number of hydrogen-bond donors (Lipinski definition) is 0. The zero-order valence-corrected chi connectivity index (χ0v) is 20.7. The Balaban J connectivity index is 1.48. The highest BCUT2D eigenvalue weighted by Gasteiger charge is 2.18. The predicted molar refractivity (Wildman–Crippen MR) is 133 cm³/mol. The molecule has 3 heterocycles. The van der Waals surface area contributed by atoms with Crippen LogP contribution in [0.15, 0.2) is 70.5 Å². The van der Waals surface area contributed by atoms with E-state index in [1.807, 2.05) is 61.8 Å². The number of aryl methyl sites for hydroxylation is 1. The van der Waals surface area contributed by atoms with Crippen LogP contribution in [-0.2, 0) is 12.3 Å². The minimum absolute atomic E-state index is 0.360. The van der Waals surface area contributed by atoms with E-state index in [4.69, 9.17) is 16.0 Å². The Morgan fingerprint density at radius 3 is 2.67 bits per heavy atom. The van der Waals surface area contributed by atoms with Crippen LogP contribution in [0, 0.1) is 6.92 Å². The molecule has 1 aromatic carbocycles. The molecule has 33 heavy (non-hydrogen) atoms. The summed E-state index contributed by atoms with van der Waals surface area (Å²) in [6.45, 7) is 5.78. The zero-order chi connectivity index (χ0) is 23.2. The van der Waals surface area contributed by atoms with Gasteiger partial charge in [0.15, 0.2) is 11.0 Å². The van der Waals surface area contributed by atoms with E-state index in [9.17, 15) is 0 Å². The lowest BCUT2D eigenvalue weighted by Crippen LogP contribution is -2.22. The van der Waals surface area contributed by atoms with Crippen molar-refractivity contribution in [2.24, 2.45) is 0 Å². The summed E-state index contributed by atoms with van der Waals surface area (Å²) in [6, 6.07) is 15.9. The molecule has 0 radical (unpaired) electrons. The molecule has 8 heteroatoms. The van der Waals surface area contributed by atoms with Gasteiger partial charge in [0, 0.05) is 29.1 Å². The third-order valence-electron chi connectivity index (χ3n) is 5.49. The van der Waals surface area contributed by atoms with Gasteiger partial charge in [-0.1, -0.05) is 36.4 Å². The monoisotopic (exact) mass is 481 g/mol. The lowest BCUT2D eigenvalue weighted by molar-refractivity contribution is 0.296. The highest BCUT2D eigenvalue weighted by molar-refractivity contribution is 7.98. The molecule has 0 N–H and O–H groups in total. The Hall–Kier alpha value is -2.61. The number of furan rings is 1. The summed E-state index contributed by atoms with van der Waals surface area (Å²) in [5.41, 5.74) is 2.16. The standard InChI is InChI=1S/C25H28ClN5OS/c1-18(23-8-7-19(2)32-23)11-14-30(3)16-24-28-29-25(33-17-20-9-12-27-13-10-20)31(24)22-6-4-5-21(26)15-22/h4-10,12-13,15,18H,11,14,16-17H2,1-3H3/t18-/m1/s1. The molecule has 6 nitrogen and oxygen atoms in total. The normalized spacial score (nSPS) is 12.4. The van der Waals surface area contributed by atoms with Crippen LogP contribution in [0.1, 0.15) is 42.2 Å². The molecule has 0 aliphatic heterocycles. The SMILES string of the molecule is Cc1ccc([C@H](C)CCN(C)Cc2nnc(SCc3ccncc3)n2-c2cccc(Cl)c2)o1. The zero-order valence-electron chi connectivity index (χ0n) is 19.1. The van der Waals surface area contributed by atoms with Gasteiger partial charge in [-0.2, -0.15) is 0 Å². The number of aromatic nitrogens is 4. The topological polar surface area (TPSA) is 60.0 Å². The molecule has 172 valence electrons. The molecule has 0 bridgehead atoms. The van der Waals surface area contributed by atoms with Crippen molar-refractivity contribution in [3.63, 3.8) is 0 Å². The highest BCUT2D eigenvalue weighted by atomic mass is 35.5. The largest absolute Gasteiger partial charge is 0.466 e. The molecule has 0 aliphatic rings. The predicted octanol–water partition coefficient (Wildman–Crippen LogP) is 6.14. The maximum Gasteiger partial charge on any atom is 0.196 e.